The Bertz CT molecular complexity index is 1340. The maximum atomic E-state index is 12.5. The molecule has 3 heterocycles. The molecular weight excluding hydrogens is 388 g/mol. The third-order valence-electron chi connectivity index (χ3n) is 6.81. The van der Waals surface area contributed by atoms with Crippen molar-refractivity contribution in [1.82, 2.24) is 15.3 Å². The van der Waals surface area contributed by atoms with E-state index in [1.54, 1.807) is 0 Å². The number of benzene rings is 3. The van der Waals surface area contributed by atoms with Gasteiger partial charge in [-0.25, -0.2) is 4.79 Å². The molecule has 2 bridgehead atoms. The normalized spacial score (nSPS) is 20.6. The zero-order valence-corrected chi connectivity index (χ0v) is 17.1. The van der Waals surface area contributed by atoms with Crippen molar-refractivity contribution in [2.75, 3.05) is 18.0 Å². The molecular formula is C25H24N4O2. The van der Waals surface area contributed by atoms with Crippen molar-refractivity contribution >= 4 is 27.5 Å². The average molecular weight is 412 g/mol. The van der Waals surface area contributed by atoms with Crippen molar-refractivity contribution < 1.29 is 5.11 Å². The number of fused-ring (bicyclic) bond motifs is 4. The number of aromatic nitrogens is 2. The maximum Gasteiger partial charge on any atom is 0.347 e. The monoisotopic (exact) mass is 412 g/mol. The summed E-state index contributed by atoms with van der Waals surface area (Å²) in [4.78, 5) is 22.2. The van der Waals surface area contributed by atoms with Gasteiger partial charge in [-0.15, -0.1) is 0 Å². The molecule has 2 aliphatic rings. The van der Waals surface area contributed by atoms with Crippen LogP contribution >= 0.6 is 0 Å². The molecule has 0 aliphatic carbocycles. The SMILES string of the molecule is O=c1nc(N2C3CCC2CNC3)c2ccc(-c3cccc4cccc(CO)c34)cc2[nH]1. The lowest BCUT2D eigenvalue weighted by molar-refractivity contribution is 0.283. The topological polar surface area (TPSA) is 81.2 Å². The minimum atomic E-state index is -0.313. The Morgan fingerprint density at radius 1 is 1.03 bits per heavy atom. The van der Waals surface area contributed by atoms with Crippen molar-refractivity contribution in [3.63, 3.8) is 0 Å². The van der Waals surface area contributed by atoms with Gasteiger partial charge in [-0.05, 0) is 52.4 Å². The van der Waals surface area contributed by atoms with Crippen LogP contribution in [0.15, 0.2) is 59.4 Å². The van der Waals surface area contributed by atoms with Crippen molar-refractivity contribution in [2.45, 2.75) is 31.5 Å². The van der Waals surface area contributed by atoms with Crippen LogP contribution in [0.2, 0.25) is 0 Å². The Labute approximate surface area is 179 Å². The lowest BCUT2D eigenvalue weighted by atomic mass is 9.94. The summed E-state index contributed by atoms with van der Waals surface area (Å²) in [5, 5.41) is 16.5. The molecule has 3 aromatic carbocycles. The van der Waals surface area contributed by atoms with Gasteiger partial charge in [0.2, 0.25) is 0 Å². The Morgan fingerprint density at radius 2 is 1.81 bits per heavy atom. The van der Waals surface area contributed by atoms with Crippen molar-refractivity contribution in [2.24, 2.45) is 0 Å². The maximum absolute atomic E-state index is 12.5. The molecule has 3 N–H and O–H groups in total. The molecule has 2 unspecified atom stereocenters. The van der Waals surface area contributed by atoms with Gasteiger partial charge in [0.15, 0.2) is 0 Å². The van der Waals surface area contributed by atoms with E-state index >= 15 is 0 Å². The highest BCUT2D eigenvalue weighted by molar-refractivity contribution is 6.01. The summed E-state index contributed by atoms with van der Waals surface area (Å²) < 4.78 is 0. The molecule has 0 spiro atoms. The van der Waals surface area contributed by atoms with Crippen LogP contribution in [0.3, 0.4) is 0 Å². The van der Waals surface area contributed by atoms with Crippen LogP contribution in [0.1, 0.15) is 18.4 Å². The number of rotatable bonds is 3. The van der Waals surface area contributed by atoms with Crippen molar-refractivity contribution in [3.05, 3.63) is 70.6 Å². The molecule has 6 rings (SSSR count). The Hall–Kier alpha value is -3.22. The predicted molar refractivity (Wildman–Crippen MR) is 123 cm³/mol. The molecule has 1 aromatic heterocycles. The Balaban J connectivity index is 1.54. The fourth-order valence-electron chi connectivity index (χ4n) is 5.42. The fourth-order valence-corrected chi connectivity index (χ4v) is 5.42. The Morgan fingerprint density at radius 3 is 2.58 bits per heavy atom. The van der Waals surface area contributed by atoms with E-state index in [4.69, 9.17) is 0 Å². The molecule has 156 valence electrons. The van der Waals surface area contributed by atoms with Crippen molar-refractivity contribution in [3.8, 4) is 11.1 Å². The number of hydrogen-bond donors (Lipinski definition) is 3. The quantitative estimate of drug-likeness (QED) is 0.482. The highest BCUT2D eigenvalue weighted by atomic mass is 16.3. The van der Waals surface area contributed by atoms with E-state index in [0.717, 1.165) is 70.1 Å². The molecule has 2 fully saturated rings. The van der Waals surface area contributed by atoms with Crippen LogP contribution in [0.25, 0.3) is 32.8 Å². The summed E-state index contributed by atoms with van der Waals surface area (Å²) in [6.07, 6.45) is 2.26. The number of piperazine rings is 1. The van der Waals surface area contributed by atoms with Gasteiger partial charge in [-0.1, -0.05) is 42.5 Å². The highest BCUT2D eigenvalue weighted by Crippen LogP contribution is 2.37. The third-order valence-corrected chi connectivity index (χ3v) is 6.81. The second kappa shape index (κ2) is 7.18. The first-order valence-electron chi connectivity index (χ1n) is 10.9. The van der Waals surface area contributed by atoms with Crippen LogP contribution in [0.4, 0.5) is 5.82 Å². The van der Waals surface area contributed by atoms with Crippen LogP contribution in [0.5, 0.6) is 0 Å². The number of aliphatic hydroxyl groups excluding tert-OH is 1. The molecule has 6 nitrogen and oxygen atoms in total. The predicted octanol–water partition coefficient (Wildman–Crippen LogP) is 3.18. The number of nitrogens with zero attached hydrogens (tertiary/aromatic N) is 2. The van der Waals surface area contributed by atoms with Gasteiger partial charge < -0.3 is 20.3 Å². The number of hydrogen-bond acceptors (Lipinski definition) is 5. The van der Waals surface area contributed by atoms with Gasteiger partial charge in [0.1, 0.15) is 5.82 Å². The summed E-state index contributed by atoms with van der Waals surface area (Å²) in [7, 11) is 0. The van der Waals surface area contributed by atoms with Crippen LogP contribution in [-0.4, -0.2) is 40.2 Å². The first-order chi connectivity index (χ1) is 15.2. The lowest BCUT2D eigenvalue weighted by Crippen LogP contribution is -2.52. The second-order valence-corrected chi connectivity index (χ2v) is 8.56. The van der Waals surface area contributed by atoms with Crippen LogP contribution in [-0.2, 0) is 6.61 Å². The zero-order chi connectivity index (χ0) is 20.9. The first kappa shape index (κ1) is 18.5. The van der Waals surface area contributed by atoms with Crippen molar-refractivity contribution in [1.29, 1.82) is 0 Å². The Kier molecular flexibility index (Phi) is 4.30. The van der Waals surface area contributed by atoms with Gasteiger partial charge in [-0.3, -0.25) is 0 Å². The molecule has 0 saturated carbocycles. The van der Waals surface area contributed by atoms with Gasteiger partial charge >= 0.3 is 5.69 Å². The largest absolute Gasteiger partial charge is 0.392 e. The van der Waals surface area contributed by atoms with E-state index in [0.29, 0.717) is 12.1 Å². The molecule has 6 heteroatoms. The van der Waals surface area contributed by atoms with E-state index in [9.17, 15) is 9.90 Å². The summed E-state index contributed by atoms with van der Waals surface area (Å²) in [6, 6.07) is 19.1. The van der Waals surface area contributed by atoms with E-state index in [1.165, 1.54) is 0 Å². The minimum absolute atomic E-state index is 0.0153. The van der Waals surface area contributed by atoms with Gasteiger partial charge in [0.05, 0.1) is 12.1 Å². The molecule has 31 heavy (non-hydrogen) atoms. The number of nitrogens with one attached hydrogen (secondary N) is 2. The third kappa shape index (κ3) is 2.94. The summed E-state index contributed by atoms with van der Waals surface area (Å²) in [5.41, 5.74) is 3.44. The van der Waals surface area contributed by atoms with E-state index in [-0.39, 0.29) is 12.3 Å². The molecule has 2 saturated heterocycles. The molecule has 4 aromatic rings. The smallest absolute Gasteiger partial charge is 0.347 e. The summed E-state index contributed by atoms with van der Waals surface area (Å²) in [6.45, 7) is 1.85. The second-order valence-electron chi connectivity index (χ2n) is 8.56. The number of aromatic amines is 1. The number of H-pyrrole nitrogens is 1. The van der Waals surface area contributed by atoms with Crippen LogP contribution < -0.4 is 15.9 Å². The molecule has 2 aliphatic heterocycles. The first-order valence-corrected chi connectivity index (χ1v) is 10.9. The highest BCUT2D eigenvalue weighted by Gasteiger charge is 2.38. The standard InChI is InChI=1S/C25H24N4O2/c30-14-17-5-1-3-15-4-2-6-20(23(15)17)16-7-10-21-22(11-16)27-25(31)28-24(21)29-18-8-9-19(29)13-26-12-18/h1-7,10-11,18-19,26,30H,8-9,12-14H2,(H,27,28,31). The average Bonchev–Trinajstić information content (AvgIpc) is 3.04. The fraction of sp³-hybridized carbons (Fsp3) is 0.280. The van der Waals surface area contributed by atoms with Gasteiger partial charge in [-0.2, -0.15) is 4.98 Å². The zero-order valence-electron chi connectivity index (χ0n) is 17.1. The van der Waals surface area contributed by atoms with Gasteiger partial charge in [0.25, 0.3) is 0 Å². The summed E-state index contributed by atoms with van der Waals surface area (Å²) in [5.74, 6) is 0.799. The molecule has 0 radical (unpaired) electrons. The lowest BCUT2D eigenvalue weighted by Gasteiger charge is -2.36. The van der Waals surface area contributed by atoms with Gasteiger partial charge in [0, 0.05) is 30.6 Å². The van der Waals surface area contributed by atoms with E-state index in [1.807, 2.05) is 24.3 Å². The molecule has 2 atom stereocenters. The minimum Gasteiger partial charge on any atom is -0.392 e. The van der Waals surface area contributed by atoms with E-state index < -0.39 is 0 Å². The number of aliphatic hydroxyl groups is 1. The molecule has 0 amide bonds. The number of anilines is 1. The van der Waals surface area contributed by atoms with E-state index in [2.05, 4.69) is 50.5 Å². The van der Waals surface area contributed by atoms with Crippen LogP contribution in [0, 0.1) is 0 Å². The summed E-state index contributed by atoms with van der Waals surface area (Å²) >= 11 is 0.